The van der Waals surface area contributed by atoms with Gasteiger partial charge in [-0.05, 0) is 24.3 Å². The van der Waals surface area contributed by atoms with E-state index in [-0.39, 0.29) is 20.8 Å². The van der Waals surface area contributed by atoms with Gasteiger partial charge in [0.25, 0.3) is 10.0 Å². The number of sulfone groups is 1. The van der Waals surface area contributed by atoms with Crippen LogP contribution in [0.25, 0.3) is 0 Å². The molecular formula is C11H10ClN3O4S2. The first-order valence-corrected chi connectivity index (χ1v) is 9.24. The van der Waals surface area contributed by atoms with Crippen molar-refractivity contribution >= 4 is 37.3 Å². The lowest BCUT2D eigenvalue weighted by atomic mass is 10.4. The highest BCUT2D eigenvalue weighted by molar-refractivity contribution is 7.92. The molecule has 1 aromatic carbocycles. The second-order valence-corrected chi connectivity index (χ2v) is 8.16. The van der Waals surface area contributed by atoms with Gasteiger partial charge in [0.1, 0.15) is 17.3 Å². The van der Waals surface area contributed by atoms with Crippen molar-refractivity contribution in [2.45, 2.75) is 9.79 Å². The summed E-state index contributed by atoms with van der Waals surface area (Å²) < 4.78 is 49.1. The van der Waals surface area contributed by atoms with E-state index < -0.39 is 19.9 Å². The van der Waals surface area contributed by atoms with E-state index in [2.05, 4.69) is 14.7 Å². The molecule has 0 amide bonds. The summed E-state index contributed by atoms with van der Waals surface area (Å²) in [5.74, 6) is 0.0159. The predicted octanol–water partition coefficient (Wildman–Crippen LogP) is 1.33. The van der Waals surface area contributed by atoms with Crippen molar-refractivity contribution in [1.29, 1.82) is 0 Å². The Kier molecular flexibility index (Phi) is 4.17. The molecule has 0 unspecified atom stereocenters. The van der Waals surface area contributed by atoms with Crippen LogP contribution in [-0.2, 0) is 19.9 Å². The molecule has 0 saturated heterocycles. The lowest BCUT2D eigenvalue weighted by Gasteiger charge is -2.07. The summed E-state index contributed by atoms with van der Waals surface area (Å²) in [4.78, 5) is 7.30. The molecule has 2 rings (SSSR count). The lowest BCUT2D eigenvalue weighted by molar-refractivity contribution is 0.597. The van der Waals surface area contributed by atoms with Crippen molar-refractivity contribution < 1.29 is 16.8 Å². The van der Waals surface area contributed by atoms with Crippen molar-refractivity contribution in [1.82, 2.24) is 9.97 Å². The summed E-state index contributed by atoms with van der Waals surface area (Å²) in [6.07, 6.45) is 2.16. The zero-order valence-electron chi connectivity index (χ0n) is 10.7. The largest absolute Gasteiger partial charge is 0.263 e. The second kappa shape index (κ2) is 5.58. The van der Waals surface area contributed by atoms with Crippen molar-refractivity contribution in [3.8, 4) is 0 Å². The quantitative estimate of drug-likeness (QED) is 0.836. The standard InChI is InChI=1S/C11H10ClN3O4S2/c1-20(16,17)8-2-4-9(5-3-8)21(18,19)15-11-6-10(12)13-7-14-11/h2-7H,1H3,(H,13,14,15). The topological polar surface area (TPSA) is 106 Å². The van der Waals surface area contributed by atoms with Crippen molar-refractivity contribution in [3.63, 3.8) is 0 Å². The number of sulfonamides is 1. The first-order chi connectivity index (χ1) is 9.68. The van der Waals surface area contributed by atoms with Crippen LogP contribution in [-0.4, -0.2) is 33.1 Å². The minimum atomic E-state index is -3.89. The van der Waals surface area contributed by atoms with E-state index in [4.69, 9.17) is 11.6 Å². The van der Waals surface area contributed by atoms with Crippen LogP contribution in [0.2, 0.25) is 5.15 Å². The van der Waals surface area contributed by atoms with Gasteiger partial charge in [-0.1, -0.05) is 11.6 Å². The molecule has 0 bridgehead atoms. The fraction of sp³-hybridized carbons (Fsp3) is 0.0909. The first kappa shape index (κ1) is 15.7. The van der Waals surface area contributed by atoms with E-state index in [1.165, 1.54) is 30.3 Å². The molecule has 1 N–H and O–H groups in total. The first-order valence-electron chi connectivity index (χ1n) is 5.49. The van der Waals surface area contributed by atoms with Crippen molar-refractivity contribution in [2.75, 3.05) is 11.0 Å². The molecule has 1 aromatic heterocycles. The van der Waals surface area contributed by atoms with Gasteiger partial charge < -0.3 is 0 Å². The summed E-state index contributed by atoms with van der Waals surface area (Å²) in [6.45, 7) is 0. The fourth-order valence-electron chi connectivity index (χ4n) is 1.45. The third kappa shape index (κ3) is 3.90. The molecule has 0 aliphatic heterocycles. The Morgan fingerprint density at radius 1 is 1.00 bits per heavy atom. The molecular weight excluding hydrogens is 338 g/mol. The monoisotopic (exact) mass is 347 g/mol. The average molecular weight is 348 g/mol. The van der Waals surface area contributed by atoms with Crippen LogP contribution in [0, 0.1) is 0 Å². The van der Waals surface area contributed by atoms with Gasteiger partial charge in [-0.25, -0.2) is 26.8 Å². The van der Waals surface area contributed by atoms with Gasteiger partial charge in [0, 0.05) is 12.3 Å². The molecule has 21 heavy (non-hydrogen) atoms. The molecule has 0 fully saturated rings. The Morgan fingerprint density at radius 2 is 1.57 bits per heavy atom. The maximum Gasteiger partial charge on any atom is 0.263 e. The molecule has 0 radical (unpaired) electrons. The number of rotatable bonds is 4. The molecule has 112 valence electrons. The number of aromatic nitrogens is 2. The number of nitrogens with zero attached hydrogens (tertiary/aromatic N) is 2. The van der Waals surface area contributed by atoms with Gasteiger partial charge in [0.2, 0.25) is 0 Å². The van der Waals surface area contributed by atoms with E-state index in [9.17, 15) is 16.8 Å². The van der Waals surface area contributed by atoms with E-state index in [1.54, 1.807) is 0 Å². The van der Waals surface area contributed by atoms with Gasteiger partial charge in [-0.15, -0.1) is 0 Å². The van der Waals surface area contributed by atoms with E-state index in [1.807, 2.05) is 0 Å². The lowest BCUT2D eigenvalue weighted by Crippen LogP contribution is -2.14. The molecule has 0 aliphatic rings. The van der Waals surface area contributed by atoms with Gasteiger partial charge in [-0.3, -0.25) is 4.72 Å². The fourth-order valence-corrected chi connectivity index (χ4v) is 3.23. The Hall–Kier alpha value is -1.71. The maximum absolute atomic E-state index is 12.1. The van der Waals surface area contributed by atoms with Crippen LogP contribution >= 0.6 is 11.6 Å². The summed E-state index contributed by atoms with van der Waals surface area (Å²) in [7, 11) is -7.27. The van der Waals surface area contributed by atoms with Crippen LogP contribution < -0.4 is 4.72 Å². The smallest absolute Gasteiger partial charge is 0.263 e. The van der Waals surface area contributed by atoms with Crippen molar-refractivity contribution in [3.05, 3.63) is 41.8 Å². The van der Waals surface area contributed by atoms with E-state index in [0.717, 1.165) is 12.6 Å². The Labute approximate surface area is 127 Å². The van der Waals surface area contributed by atoms with Gasteiger partial charge in [0.15, 0.2) is 9.84 Å². The minimum Gasteiger partial charge on any atom is -0.263 e. The molecule has 10 heteroatoms. The summed E-state index contributed by atoms with van der Waals surface area (Å²) in [6, 6.07) is 6.08. The van der Waals surface area contributed by atoms with Crippen LogP contribution in [0.4, 0.5) is 5.82 Å². The highest BCUT2D eigenvalue weighted by Crippen LogP contribution is 2.18. The number of hydrogen-bond donors (Lipinski definition) is 1. The van der Waals surface area contributed by atoms with Crippen LogP contribution in [0.5, 0.6) is 0 Å². The van der Waals surface area contributed by atoms with Crippen LogP contribution in [0.15, 0.2) is 46.5 Å². The van der Waals surface area contributed by atoms with E-state index >= 15 is 0 Å². The van der Waals surface area contributed by atoms with Crippen molar-refractivity contribution in [2.24, 2.45) is 0 Å². The number of halogens is 1. The molecule has 1 heterocycles. The summed E-state index contributed by atoms with van der Waals surface area (Å²) in [5, 5.41) is 0.0927. The summed E-state index contributed by atoms with van der Waals surface area (Å²) in [5.41, 5.74) is 0. The minimum absolute atomic E-state index is 0.0159. The van der Waals surface area contributed by atoms with E-state index in [0.29, 0.717) is 0 Å². The summed E-state index contributed by atoms with van der Waals surface area (Å²) >= 11 is 5.64. The number of hydrogen-bond acceptors (Lipinski definition) is 6. The third-order valence-corrected chi connectivity index (χ3v) is 5.14. The van der Waals surface area contributed by atoms with Crippen LogP contribution in [0.3, 0.4) is 0 Å². The number of anilines is 1. The predicted molar refractivity (Wildman–Crippen MR) is 77.4 cm³/mol. The normalized spacial score (nSPS) is 12.1. The van der Waals surface area contributed by atoms with Gasteiger partial charge in [0.05, 0.1) is 9.79 Å². The number of benzene rings is 1. The Morgan fingerprint density at radius 3 is 2.10 bits per heavy atom. The van der Waals surface area contributed by atoms with Gasteiger partial charge in [-0.2, -0.15) is 0 Å². The Bertz CT molecular complexity index is 865. The zero-order chi connectivity index (χ0) is 15.7. The molecule has 0 saturated carbocycles. The second-order valence-electron chi connectivity index (χ2n) is 4.08. The highest BCUT2D eigenvalue weighted by Gasteiger charge is 2.16. The zero-order valence-corrected chi connectivity index (χ0v) is 13.1. The molecule has 0 spiro atoms. The molecule has 7 nitrogen and oxygen atoms in total. The number of nitrogens with one attached hydrogen (secondary N) is 1. The average Bonchev–Trinajstić information content (AvgIpc) is 2.37. The maximum atomic E-state index is 12.1. The molecule has 0 atom stereocenters. The van der Waals surface area contributed by atoms with Gasteiger partial charge >= 0.3 is 0 Å². The molecule has 2 aromatic rings. The Balaban J connectivity index is 2.32. The molecule has 0 aliphatic carbocycles. The SMILES string of the molecule is CS(=O)(=O)c1ccc(S(=O)(=O)Nc2cc(Cl)ncn2)cc1. The highest BCUT2D eigenvalue weighted by atomic mass is 35.5. The van der Waals surface area contributed by atoms with Crippen LogP contribution in [0.1, 0.15) is 0 Å². The third-order valence-electron chi connectivity index (χ3n) is 2.43.